The Bertz CT molecular complexity index is 502. The van der Waals surface area contributed by atoms with Crippen LogP contribution in [0.1, 0.15) is 24.8 Å². The summed E-state index contributed by atoms with van der Waals surface area (Å²) in [5.74, 6) is 0.816. The van der Waals surface area contributed by atoms with Gasteiger partial charge in [-0.3, -0.25) is 9.89 Å². The highest BCUT2D eigenvalue weighted by molar-refractivity contribution is 5.79. The van der Waals surface area contributed by atoms with E-state index in [0.29, 0.717) is 12.7 Å². The first kappa shape index (κ1) is 20.7. The number of nitrogens with one attached hydrogen (secondary N) is 2. The molecule has 1 aromatic carbocycles. The van der Waals surface area contributed by atoms with E-state index in [2.05, 4.69) is 50.9 Å². The maximum Gasteiger partial charge on any atom is 0.191 e. The van der Waals surface area contributed by atoms with Crippen molar-refractivity contribution in [3.8, 4) is 0 Å². The Kier molecular flexibility index (Phi) is 10.1. The SMILES string of the molecule is CN=C(NCCCOC1CCN(Cc2ccccc2)CC1)NCCOC. The molecule has 2 N–H and O–H groups in total. The molecule has 0 spiro atoms. The smallest absolute Gasteiger partial charge is 0.191 e. The maximum absolute atomic E-state index is 6.05. The summed E-state index contributed by atoms with van der Waals surface area (Å²) in [5.41, 5.74) is 1.39. The van der Waals surface area contributed by atoms with E-state index in [9.17, 15) is 0 Å². The van der Waals surface area contributed by atoms with Crippen LogP contribution in [-0.4, -0.2) is 70.5 Å². The summed E-state index contributed by atoms with van der Waals surface area (Å²) >= 11 is 0. The molecule has 1 aliphatic rings. The van der Waals surface area contributed by atoms with Crippen LogP contribution in [0.25, 0.3) is 0 Å². The van der Waals surface area contributed by atoms with Crippen molar-refractivity contribution in [2.24, 2.45) is 4.99 Å². The van der Waals surface area contributed by atoms with Crippen molar-refractivity contribution >= 4 is 5.96 Å². The van der Waals surface area contributed by atoms with Gasteiger partial charge in [-0.2, -0.15) is 0 Å². The van der Waals surface area contributed by atoms with Crippen LogP contribution >= 0.6 is 0 Å². The summed E-state index contributed by atoms with van der Waals surface area (Å²) in [5, 5.41) is 6.50. The highest BCUT2D eigenvalue weighted by Gasteiger charge is 2.19. The van der Waals surface area contributed by atoms with E-state index < -0.39 is 0 Å². The van der Waals surface area contributed by atoms with Crippen molar-refractivity contribution in [1.29, 1.82) is 0 Å². The predicted molar refractivity (Wildman–Crippen MR) is 107 cm³/mol. The van der Waals surface area contributed by atoms with Crippen LogP contribution in [0, 0.1) is 0 Å². The van der Waals surface area contributed by atoms with Crippen LogP contribution in [0.4, 0.5) is 0 Å². The zero-order chi connectivity index (χ0) is 18.5. The number of ether oxygens (including phenoxy) is 2. The molecule has 6 nitrogen and oxygen atoms in total. The zero-order valence-electron chi connectivity index (χ0n) is 16.2. The Balaban J connectivity index is 1.51. The van der Waals surface area contributed by atoms with E-state index in [1.165, 1.54) is 5.56 Å². The number of methoxy groups -OCH3 is 1. The molecule has 0 saturated carbocycles. The molecule has 1 fully saturated rings. The number of piperidine rings is 1. The lowest BCUT2D eigenvalue weighted by Crippen LogP contribution is -2.40. The van der Waals surface area contributed by atoms with Gasteiger partial charge in [-0.05, 0) is 24.8 Å². The summed E-state index contributed by atoms with van der Waals surface area (Å²) in [6.45, 7) is 6.38. The van der Waals surface area contributed by atoms with Crippen molar-refractivity contribution in [1.82, 2.24) is 15.5 Å². The molecule has 1 saturated heterocycles. The number of likely N-dealkylation sites (tertiary alicyclic amines) is 1. The normalized spacial score (nSPS) is 16.6. The van der Waals surface area contributed by atoms with Crippen LogP contribution in [-0.2, 0) is 16.0 Å². The predicted octanol–water partition coefficient (Wildman–Crippen LogP) is 1.87. The van der Waals surface area contributed by atoms with Gasteiger partial charge in [-0.25, -0.2) is 0 Å². The second-order valence-electron chi connectivity index (χ2n) is 6.60. The lowest BCUT2D eigenvalue weighted by molar-refractivity contribution is 0.00534. The number of guanidine groups is 1. The van der Waals surface area contributed by atoms with E-state index in [4.69, 9.17) is 9.47 Å². The zero-order valence-corrected chi connectivity index (χ0v) is 16.2. The molecular formula is C20H34N4O2. The molecular weight excluding hydrogens is 328 g/mol. The number of aliphatic imine (C=N–C) groups is 1. The number of rotatable bonds is 10. The molecule has 0 aromatic heterocycles. The lowest BCUT2D eigenvalue weighted by atomic mass is 10.1. The minimum Gasteiger partial charge on any atom is -0.383 e. The standard InChI is InChI=1S/C20H34N4O2/c1-21-20(23-12-16-25-2)22-11-6-15-26-19-9-13-24(14-10-19)17-18-7-4-3-5-8-18/h3-5,7-8,19H,6,9-17H2,1-2H3,(H2,21,22,23). The number of hydrogen-bond donors (Lipinski definition) is 2. The Morgan fingerprint density at radius 2 is 1.85 bits per heavy atom. The molecule has 1 aliphatic heterocycles. The number of benzene rings is 1. The van der Waals surface area contributed by atoms with Crippen molar-refractivity contribution < 1.29 is 9.47 Å². The van der Waals surface area contributed by atoms with Crippen molar-refractivity contribution in [2.75, 3.05) is 53.6 Å². The van der Waals surface area contributed by atoms with Gasteiger partial charge < -0.3 is 20.1 Å². The van der Waals surface area contributed by atoms with Crippen LogP contribution in [0.2, 0.25) is 0 Å². The average Bonchev–Trinajstić information content (AvgIpc) is 2.68. The fraction of sp³-hybridized carbons (Fsp3) is 0.650. The molecule has 0 unspecified atom stereocenters. The van der Waals surface area contributed by atoms with E-state index in [-0.39, 0.29) is 0 Å². The van der Waals surface area contributed by atoms with Gasteiger partial charge in [0.1, 0.15) is 0 Å². The van der Waals surface area contributed by atoms with Gasteiger partial charge in [-0.15, -0.1) is 0 Å². The van der Waals surface area contributed by atoms with Gasteiger partial charge in [0.2, 0.25) is 0 Å². The first-order chi connectivity index (χ1) is 12.8. The topological polar surface area (TPSA) is 58.1 Å². The second kappa shape index (κ2) is 12.7. The molecule has 1 heterocycles. The van der Waals surface area contributed by atoms with Crippen LogP contribution in [0.5, 0.6) is 0 Å². The molecule has 0 bridgehead atoms. The van der Waals surface area contributed by atoms with Gasteiger partial charge in [0.15, 0.2) is 5.96 Å². The summed E-state index contributed by atoms with van der Waals surface area (Å²) < 4.78 is 11.1. The third-order valence-corrected chi connectivity index (χ3v) is 4.57. The Labute approximate surface area is 158 Å². The first-order valence-corrected chi connectivity index (χ1v) is 9.63. The van der Waals surface area contributed by atoms with Gasteiger partial charge in [0, 0.05) is 53.5 Å². The highest BCUT2D eigenvalue weighted by Crippen LogP contribution is 2.16. The van der Waals surface area contributed by atoms with E-state index in [1.807, 2.05) is 0 Å². The van der Waals surface area contributed by atoms with Gasteiger partial charge in [0.05, 0.1) is 12.7 Å². The van der Waals surface area contributed by atoms with Crippen LogP contribution in [0.15, 0.2) is 35.3 Å². The number of nitrogens with zero attached hydrogens (tertiary/aromatic N) is 2. The molecule has 146 valence electrons. The van der Waals surface area contributed by atoms with Crippen molar-refractivity contribution in [3.63, 3.8) is 0 Å². The third kappa shape index (κ3) is 8.17. The largest absolute Gasteiger partial charge is 0.383 e. The molecule has 6 heteroatoms. The first-order valence-electron chi connectivity index (χ1n) is 9.63. The molecule has 0 atom stereocenters. The molecule has 0 radical (unpaired) electrons. The molecule has 0 aliphatic carbocycles. The summed E-state index contributed by atoms with van der Waals surface area (Å²) in [6, 6.07) is 10.7. The Hall–Kier alpha value is -1.63. The van der Waals surface area contributed by atoms with E-state index in [0.717, 1.165) is 64.6 Å². The monoisotopic (exact) mass is 362 g/mol. The van der Waals surface area contributed by atoms with Crippen molar-refractivity contribution in [3.05, 3.63) is 35.9 Å². The quantitative estimate of drug-likeness (QED) is 0.378. The summed E-state index contributed by atoms with van der Waals surface area (Å²) in [4.78, 5) is 6.70. The fourth-order valence-corrected chi connectivity index (χ4v) is 3.10. The minimum atomic E-state index is 0.404. The van der Waals surface area contributed by atoms with Gasteiger partial charge in [0.25, 0.3) is 0 Å². The molecule has 26 heavy (non-hydrogen) atoms. The summed E-state index contributed by atoms with van der Waals surface area (Å²) in [6.07, 6.45) is 3.64. The van der Waals surface area contributed by atoms with E-state index in [1.54, 1.807) is 14.2 Å². The maximum atomic E-state index is 6.05. The molecule has 2 rings (SSSR count). The second-order valence-corrected chi connectivity index (χ2v) is 6.60. The molecule has 0 amide bonds. The number of hydrogen-bond acceptors (Lipinski definition) is 4. The fourth-order valence-electron chi connectivity index (χ4n) is 3.10. The van der Waals surface area contributed by atoms with Gasteiger partial charge in [-0.1, -0.05) is 30.3 Å². The lowest BCUT2D eigenvalue weighted by Gasteiger charge is -2.32. The van der Waals surface area contributed by atoms with Crippen molar-refractivity contribution in [2.45, 2.75) is 31.9 Å². The third-order valence-electron chi connectivity index (χ3n) is 4.57. The van der Waals surface area contributed by atoms with Gasteiger partial charge >= 0.3 is 0 Å². The Morgan fingerprint density at radius 1 is 1.12 bits per heavy atom. The molecule has 1 aromatic rings. The minimum absolute atomic E-state index is 0.404. The average molecular weight is 363 g/mol. The van der Waals surface area contributed by atoms with E-state index >= 15 is 0 Å². The Morgan fingerprint density at radius 3 is 2.54 bits per heavy atom. The highest BCUT2D eigenvalue weighted by atomic mass is 16.5. The van der Waals surface area contributed by atoms with Crippen LogP contribution in [0.3, 0.4) is 0 Å². The summed E-state index contributed by atoms with van der Waals surface area (Å²) in [7, 11) is 3.48. The van der Waals surface area contributed by atoms with Crippen LogP contribution < -0.4 is 10.6 Å².